The summed E-state index contributed by atoms with van der Waals surface area (Å²) in [5.74, 6) is 0.340. The molecule has 0 aliphatic rings. The van der Waals surface area contributed by atoms with Crippen LogP contribution in [0.5, 0.6) is 11.5 Å². The molecule has 7 heteroatoms. The first-order valence-corrected chi connectivity index (χ1v) is 8.89. The molecule has 6 nitrogen and oxygen atoms in total. The Balaban J connectivity index is 1.80. The quantitative estimate of drug-likeness (QED) is 0.702. The summed E-state index contributed by atoms with van der Waals surface area (Å²) < 4.78 is 11.7. The predicted molar refractivity (Wildman–Crippen MR) is 102 cm³/mol. The number of hydrogen-bond acceptors (Lipinski definition) is 4. The summed E-state index contributed by atoms with van der Waals surface area (Å²) in [4.78, 5) is 23.9. The maximum absolute atomic E-state index is 12.0. The van der Waals surface area contributed by atoms with E-state index in [1.807, 2.05) is 32.9 Å². The lowest BCUT2D eigenvalue weighted by Gasteiger charge is -2.11. The van der Waals surface area contributed by atoms with Gasteiger partial charge >= 0.3 is 0 Å². The van der Waals surface area contributed by atoms with Crippen LogP contribution in [-0.4, -0.2) is 24.5 Å². The van der Waals surface area contributed by atoms with Crippen molar-refractivity contribution in [2.45, 2.75) is 26.9 Å². The van der Waals surface area contributed by atoms with Crippen molar-refractivity contribution < 1.29 is 19.1 Å². The minimum atomic E-state index is -0.467. The molecule has 0 unspecified atom stereocenters. The van der Waals surface area contributed by atoms with Crippen LogP contribution in [0.15, 0.2) is 46.9 Å². The first-order valence-electron chi connectivity index (χ1n) is 8.10. The second kappa shape index (κ2) is 9.24. The molecule has 2 aromatic rings. The van der Waals surface area contributed by atoms with Crippen LogP contribution in [0.2, 0.25) is 0 Å². The van der Waals surface area contributed by atoms with Gasteiger partial charge in [-0.3, -0.25) is 20.4 Å². The second-order valence-corrected chi connectivity index (χ2v) is 6.77. The number of hydrazine groups is 1. The maximum atomic E-state index is 12.0. The van der Waals surface area contributed by atoms with E-state index in [4.69, 9.17) is 9.47 Å². The van der Waals surface area contributed by atoms with E-state index in [9.17, 15) is 9.59 Å². The van der Waals surface area contributed by atoms with Crippen LogP contribution in [0.25, 0.3) is 0 Å². The highest BCUT2D eigenvalue weighted by molar-refractivity contribution is 9.10. The molecule has 0 fully saturated rings. The summed E-state index contributed by atoms with van der Waals surface area (Å²) in [6, 6.07) is 12.2. The van der Waals surface area contributed by atoms with E-state index < -0.39 is 11.8 Å². The van der Waals surface area contributed by atoms with E-state index in [2.05, 4.69) is 26.8 Å². The number of halogens is 1. The molecule has 138 valence electrons. The molecule has 0 bridgehead atoms. The van der Waals surface area contributed by atoms with Crippen LogP contribution in [0.3, 0.4) is 0 Å². The molecule has 26 heavy (non-hydrogen) atoms. The monoisotopic (exact) mass is 420 g/mol. The van der Waals surface area contributed by atoms with Gasteiger partial charge in [-0.1, -0.05) is 6.07 Å². The second-order valence-electron chi connectivity index (χ2n) is 5.92. The Morgan fingerprint density at radius 1 is 1.08 bits per heavy atom. The number of rotatable bonds is 6. The van der Waals surface area contributed by atoms with Crippen LogP contribution < -0.4 is 20.3 Å². The number of amides is 2. The molecule has 0 atom stereocenters. The van der Waals surface area contributed by atoms with E-state index in [-0.39, 0.29) is 12.7 Å². The fourth-order valence-corrected chi connectivity index (χ4v) is 2.67. The molecule has 0 aromatic heterocycles. The van der Waals surface area contributed by atoms with Crippen molar-refractivity contribution in [3.8, 4) is 11.5 Å². The van der Waals surface area contributed by atoms with Gasteiger partial charge in [0.2, 0.25) is 0 Å². The van der Waals surface area contributed by atoms with Gasteiger partial charge in [-0.25, -0.2) is 0 Å². The normalized spacial score (nSPS) is 10.3. The smallest absolute Gasteiger partial charge is 0.276 e. The molecule has 2 N–H and O–H groups in total. The summed E-state index contributed by atoms with van der Waals surface area (Å²) >= 11 is 3.37. The molecule has 0 radical (unpaired) electrons. The van der Waals surface area contributed by atoms with Crippen LogP contribution in [0.1, 0.15) is 29.8 Å². The zero-order valence-corrected chi connectivity index (χ0v) is 16.4. The minimum absolute atomic E-state index is 0.0579. The largest absolute Gasteiger partial charge is 0.491 e. The summed E-state index contributed by atoms with van der Waals surface area (Å²) in [6.07, 6.45) is 0.0579. The third kappa shape index (κ3) is 6.07. The molecule has 0 spiro atoms. The van der Waals surface area contributed by atoms with Crippen molar-refractivity contribution in [1.82, 2.24) is 10.9 Å². The summed E-state index contributed by atoms with van der Waals surface area (Å²) in [6.45, 7) is 5.59. The average molecular weight is 421 g/mol. The number of aryl methyl sites for hydroxylation is 1. The van der Waals surface area contributed by atoms with Gasteiger partial charge in [-0.15, -0.1) is 0 Å². The van der Waals surface area contributed by atoms with Gasteiger partial charge in [0.1, 0.15) is 11.5 Å². The minimum Gasteiger partial charge on any atom is -0.491 e. The lowest BCUT2D eigenvalue weighted by Crippen LogP contribution is -2.43. The lowest BCUT2D eigenvalue weighted by atomic mass is 10.2. The van der Waals surface area contributed by atoms with Crippen molar-refractivity contribution >= 4 is 27.7 Å². The Morgan fingerprint density at radius 2 is 1.77 bits per heavy atom. The number of nitrogens with one attached hydrogen (secondary N) is 2. The zero-order valence-electron chi connectivity index (χ0n) is 14.8. The van der Waals surface area contributed by atoms with Gasteiger partial charge in [0, 0.05) is 5.56 Å². The maximum Gasteiger partial charge on any atom is 0.276 e. The molecular formula is C19H21BrN2O4. The van der Waals surface area contributed by atoms with Gasteiger partial charge in [0.15, 0.2) is 6.61 Å². The fraction of sp³-hybridized carbons (Fsp3) is 0.263. The highest BCUT2D eigenvalue weighted by Gasteiger charge is 2.09. The third-order valence-corrected chi connectivity index (χ3v) is 3.87. The van der Waals surface area contributed by atoms with Crippen molar-refractivity contribution in [3.05, 3.63) is 58.1 Å². The standard InChI is InChI=1S/C19H21BrN2O4/c1-12(2)26-15-7-5-14(6-8-15)19(24)22-21-18(23)11-25-17-9-4-13(3)10-16(17)20/h4-10,12H,11H2,1-3H3,(H,21,23)(H,22,24). The van der Waals surface area contributed by atoms with E-state index in [1.165, 1.54) is 0 Å². The van der Waals surface area contributed by atoms with Gasteiger partial charge < -0.3 is 9.47 Å². The van der Waals surface area contributed by atoms with Crippen molar-refractivity contribution in [2.24, 2.45) is 0 Å². The first kappa shape index (κ1) is 19.8. The Kier molecular flexibility index (Phi) is 7.03. The number of hydrogen-bond donors (Lipinski definition) is 2. The highest BCUT2D eigenvalue weighted by atomic mass is 79.9. The first-order chi connectivity index (χ1) is 12.3. The van der Waals surface area contributed by atoms with Crippen LogP contribution >= 0.6 is 15.9 Å². The Morgan fingerprint density at radius 3 is 2.38 bits per heavy atom. The SMILES string of the molecule is Cc1ccc(OCC(=O)NNC(=O)c2ccc(OC(C)C)cc2)c(Br)c1. The number of carbonyl (C=O) groups excluding carboxylic acids is 2. The summed E-state index contributed by atoms with van der Waals surface area (Å²) in [5.41, 5.74) is 6.15. The van der Waals surface area contributed by atoms with Crippen molar-refractivity contribution in [2.75, 3.05) is 6.61 Å². The van der Waals surface area contributed by atoms with E-state index in [1.54, 1.807) is 30.3 Å². The molecule has 2 rings (SSSR count). The van der Waals surface area contributed by atoms with Crippen molar-refractivity contribution in [3.63, 3.8) is 0 Å². The van der Waals surface area contributed by atoms with Gasteiger partial charge in [0.05, 0.1) is 10.6 Å². The number of carbonyl (C=O) groups is 2. The summed E-state index contributed by atoms with van der Waals surface area (Å²) in [7, 11) is 0. The molecule has 2 amide bonds. The fourth-order valence-electron chi connectivity index (χ4n) is 2.06. The van der Waals surface area contributed by atoms with Crippen LogP contribution in [0, 0.1) is 6.92 Å². The topological polar surface area (TPSA) is 76.7 Å². The molecule has 0 aliphatic carbocycles. The number of ether oxygens (including phenoxy) is 2. The Labute approximate surface area is 161 Å². The molecule has 0 saturated carbocycles. The number of benzene rings is 2. The average Bonchev–Trinajstić information content (AvgIpc) is 2.59. The molecule has 0 aliphatic heterocycles. The molecular weight excluding hydrogens is 400 g/mol. The Bertz CT molecular complexity index is 776. The molecule has 2 aromatic carbocycles. The predicted octanol–water partition coefficient (Wildman–Crippen LogP) is 3.38. The Hall–Kier alpha value is -2.54. The van der Waals surface area contributed by atoms with Gasteiger partial charge in [0.25, 0.3) is 11.8 Å². The van der Waals surface area contributed by atoms with Crippen LogP contribution in [0.4, 0.5) is 0 Å². The van der Waals surface area contributed by atoms with E-state index in [0.717, 1.165) is 10.0 Å². The van der Waals surface area contributed by atoms with Crippen LogP contribution in [-0.2, 0) is 4.79 Å². The van der Waals surface area contributed by atoms with E-state index >= 15 is 0 Å². The molecule has 0 saturated heterocycles. The van der Waals surface area contributed by atoms with Crippen molar-refractivity contribution in [1.29, 1.82) is 0 Å². The summed E-state index contributed by atoms with van der Waals surface area (Å²) in [5, 5.41) is 0. The zero-order chi connectivity index (χ0) is 19.1. The van der Waals surface area contributed by atoms with E-state index in [0.29, 0.717) is 17.1 Å². The highest BCUT2D eigenvalue weighted by Crippen LogP contribution is 2.25. The third-order valence-electron chi connectivity index (χ3n) is 3.25. The molecule has 0 heterocycles. The van der Waals surface area contributed by atoms with Gasteiger partial charge in [-0.2, -0.15) is 0 Å². The van der Waals surface area contributed by atoms with Gasteiger partial charge in [-0.05, 0) is 78.7 Å². The lowest BCUT2D eigenvalue weighted by molar-refractivity contribution is -0.123.